The van der Waals surface area contributed by atoms with E-state index in [4.69, 9.17) is 10.9 Å². The number of hydrogen-bond donors (Lipinski definition) is 4. The largest absolute Gasteiger partial charge is 0.396 e. The third-order valence-electron chi connectivity index (χ3n) is 2.72. The third-order valence-corrected chi connectivity index (χ3v) is 2.72. The van der Waals surface area contributed by atoms with Crippen LogP contribution < -0.4 is 16.6 Å². The molecule has 15 heavy (non-hydrogen) atoms. The van der Waals surface area contributed by atoms with Crippen LogP contribution in [0, 0.1) is 5.41 Å². The lowest BCUT2D eigenvalue weighted by molar-refractivity contribution is 0.219. The highest BCUT2D eigenvalue weighted by Crippen LogP contribution is 2.44. The van der Waals surface area contributed by atoms with E-state index in [0.29, 0.717) is 11.6 Å². The van der Waals surface area contributed by atoms with Crippen molar-refractivity contribution >= 4 is 11.6 Å². The fourth-order valence-electron chi connectivity index (χ4n) is 1.37. The maximum atomic E-state index is 9.13. The SMILES string of the molecule is NNc1cncc(NCC2(CO)CC2)n1. The van der Waals surface area contributed by atoms with Crippen molar-refractivity contribution in [3.8, 4) is 0 Å². The van der Waals surface area contributed by atoms with Crippen molar-refractivity contribution in [1.82, 2.24) is 9.97 Å². The van der Waals surface area contributed by atoms with Gasteiger partial charge in [-0.1, -0.05) is 0 Å². The summed E-state index contributed by atoms with van der Waals surface area (Å²) in [6.07, 6.45) is 5.32. The molecule has 5 N–H and O–H groups in total. The van der Waals surface area contributed by atoms with Gasteiger partial charge in [0.15, 0.2) is 5.82 Å². The van der Waals surface area contributed by atoms with Gasteiger partial charge in [-0.25, -0.2) is 10.8 Å². The van der Waals surface area contributed by atoms with E-state index < -0.39 is 0 Å². The van der Waals surface area contributed by atoms with Crippen LogP contribution in [-0.2, 0) is 0 Å². The summed E-state index contributed by atoms with van der Waals surface area (Å²) in [5.41, 5.74) is 2.49. The maximum Gasteiger partial charge on any atom is 0.160 e. The molecule has 1 fully saturated rings. The summed E-state index contributed by atoms with van der Waals surface area (Å²) in [4.78, 5) is 8.14. The second-order valence-electron chi connectivity index (χ2n) is 3.95. The van der Waals surface area contributed by atoms with Gasteiger partial charge < -0.3 is 15.8 Å². The van der Waals surface area contributed by atoms with Crippen LogP contribution in [0.3, 0.4) is 0 Å². The van der Waals surface area contributed by atoms with Crippen LogP contribution in [0.25, 0.3) is 0 Å². The van der Waals surface area contributed by atoms with Gasteiger partial charge in [0.05, 0.1) is 19.0 Å². The summed E-state index contributed by atoms with van der Waals surface area (Å²) < 4.78 is 0. The summed E-state index contributed by atoms with van der Waals surface area (Å²) >= 11 is 0. The Bertz CT molecular complexity index is 339. The number of nitrogen functional groups attached to an aromatic ring is 1. The minimum absolute atomic E-state index is 0.0633. The Balaban J connectivity index is 1.93. The minimum Gasteiger partial charge on any atom is -0.396 e. The number of nitrogens with zero attached hydrogens (tertiary/aromatic N) is 2. The van der Waals surface area contributed by atoms with E-state index in [1.165, 1.54) is 0 Å². The number of rotatable bonds is 5. The fraction of sp³-hybridized carbons (Fsp3) is 0.556. The molecule has 1 saturated carbocycles. The summed E-state index contributed by atoms with van der Waals surface area (Å²) in [6.45, 7) is 0.953. The first-order valence-electron chi connectivity index (χ1n) is 4.91. The first-order chi connectivity index (χ1) is 7.28. The third kappa shape index (κ3) is 2.34. The molecule has 1 aliphatic rings. The van der Waals surface area contributed by atoms with Gasteiger partial charge in [0.1, 0.15) is 5.82 Å². The van der Waals surface area contributed by atoms with Crippen molar-refractivity contribution in [3.63, 3.8) is 0 Å². The average molecular weight is 209 g/mol. The number of aliphatic hydroxyl groups excluding tert-OH is 1. The van der Waals surface area contributed by atoms with Crippen LogP contribution in [0.1, 0.15) is 12.8 Å². The molecule has 1 aromatic rings. The zero-order valence-corrected chi connectivity index (χ0v) is 8.40. The van der Waals surface area contributed by atoms with Crippen LogP contribution >= 0.6 is 0 Å². The summed E-state index contributed by atoms with van der Waals surface area (Å²) in [7, 11) is 0. The Hall–Kier alpha value is -1.40. The summed E-state index contributed by atoms with van der Waals surface area (Å²) in [6, 6.07) is 0. The van der Waals surface area contributed by atoms with Crippen LogP contribution in [0.5, 0.6) is 0 Å². The molecule has 6 heteroatoms. The number of nitrogens with two attached hydrogens (primary N) is 1. The molecule has 0 radical (unpaired) electrons. The van der Waals surface area contributed by atoms with Gasteiger partial charge in [-0.2, -0.15) is 0 Å². The second-order valence-corrected chi connectivity index (χ2v) is 3.95. The fourth-order valence-corrected chi connectivity index (χ4v) is 1.37. The predicted molar refractivity (Wildman–Crippen MR) is 57.1 cm³/mol. The van der Waals surface area contributed by atoms with Crippen molar-refractivity contribution < 1.29 is 5.11 Å². The summed E-state index contributed by atoms with van der Waals surface area (Å²) in [5.74, 6) is 6.41. The molecular weight excluding hydrogens is 194 g/mol. The molecular formula is C9H15N5O. The van der Waals surface area contributed by atoms with Gasteiger partial charge in [-0.3, -0.25) is 4.98 Å². The Morgan fingerprint density at radius 1 is 1.40 bits per heavy atom. The molecule has 0 aromatic carbocycles. The first kappa shape index (κ1) is 10.1. The van der Waals surface area contributed by atoms with E-state index >= 15 is 0 Å². The van der Waals surface area contributed by atoms with Gasteiger partial charge in [0.2, 0.25) is 0 Å². The number of hydrazine groups is 1. The van der Waals surface area contributed by atoms with Gasteiger partial charge in [-0.05, 0) is 12.8 Å². The highest BCUT2D eigenvalue weighted by molar-refractivity contribution is 5.40. The summed E-state index contributed by atoms with van der Waals surface area (Å²) in [5, 5.41) is 12.3. The standard InChI is InChI=1S/C9H15N5O/c10-14-8-4-11-3-7(13-8)12-5-9(6-15)1-2-9/h3-4,15H,1-2,5-6,10H2,(H2,12,13,14). The van der Waals surface area contributed by atoms with Crippen LogP contribution in [0.15, 0.2) is 12.4 Å². The Kier molecular flexibility index (Phi) is 2.70. The van der Waals surface area contributed by atoms with Crippen LogP contribution in [-0.4, -0.2) is 28.2 Å². The number of aliphatic hydroxyl groups is 1. The number of anilines is 2. The van der Waals surface area contributed by atoms with Crippen molar-refractivity contribution in [1.29, 1.82) is 0 Å². The van der Waals surface area contributed by atoms with Gasteiger partial charge in [-0.15, -0.1) is 0 Å². The average Bonchev–Trinajstić information content (AvgIpc) is 3.07. The molecule has 1 heterocycles. The van der Waals surface area contributed by atoms with Crippen LogP contribution in [0.4, 0.5) is 11.6 Å². The van der Waals surface area contributed by atoms with E-state index in [0.717, 1.165) is 19.4 Å². The molecule has 0 atom stereocenters. The molecule has 82 valence electrons. The Labute approximate surface area is 87.9 Å². The van der Waals surface area contributed by atoms with Crippen molar-refractivity contribution in [3.05, 3.63) is 12.4 Å². The first-order valence-corrected chi connectivity index (χ1v) is 4.91. The van der Waals surface area contributed by atoms with Gasteiger partial charge in [0.25, 0.3) is 0 Å². The van der Waals surface area contributed by atoms with Gasteiger partial charge >= 0.3 is 0 Å². The molecule has 0 spiro atoms. The minimum atomic E-state index is 0.0633. The zero-order chi connectivity index (χ0) is 10.7. The quantitative estimate of drug-likeness (QED) is 0.401. The predicted octanol–water partition coefficient (Wildman–Crippen LogP) is -0.0534. The van der Waals surface area contributed by atoms with Crippen molar-refractivity contribution in [2.45, 2.75) is 12.8 Å². The van der Waals surface area contributed by atoms with E-state index in [1.54, 1.807) is 12.4 Å². The molecule has 0 unspecified atom stereocenters. The normalized spacial score (nSPS) is 17.2. The monoisotopic (exact) mass is 209 g/mol. The molecule has 2 rings (SSSR count). The lowest BCUT2D eigenvalue weighted by Crippen LogP contribution is -2.20. The molecule has 0 aliphatic heterocycles. The van der Waals surface area contributed by atoms with Crippen molar-refractivity contribution in [2.24, 2.45) is 11.3 Å². The Morgan fingerprint density at radius 3 is 2.73 bits per heavy atom. The van der Waals surface area contributed by atoms with E-state index in [2.05, 4.69) is 20.7 Å². The van der Waals surface area contributed by atoms with E-state index in [9.17, 15) is 0 Å². The topological polar surface area (TPSA) is 96.1 Å². The van der Waals surface area contributed by atoms with E-state index in [1.807, 2.05) is 0 Å². The second kappa shape index (κ2) is 4.00. The molecule has 0 saturated heterocycles. The molecule has 0 amide bonds. The van der Waals surface area contributed by atoms with E-state index in [-0.39, 0.29) is 12.0 Å². The van der Waals surface area contributed by atoms with Gasteiger partial charge in [0, 0.05) is 12.0 Å². The molecule has 6 nitrogen and oxygen atoms in total. The lowest BCUT2D eigenvalue weighted by Gasteiger charge is -2.13. The highest BCUT2D eigenvalue weighted by atomic mass is 16.3. The molecule has 0 bridgehead atoms. The highest BCUT2D eigenvalue weighted by Gasteiger charge is 2.41. The number of aromatic nitrogens is 2. The molecule has 1 aliphatic carbocycles. The number of nitrogens with one attached hydrogen (secondary N) is 2. The Morgan fingerprint density at radius 2 is 2.13 bits per heavy atom. The maximum absolute atomic E-state index is 9.13. The smallest absolute Gasteiger partial charge is 0.160 e. The van der Waals surface area contributed by atoms with Crippen molar-refractivity contribution in [2.75, 3.05) is 23.9 Å². The lowest BCUT2D eigenvalue weighted by atomic mass is 10.1. The number of hydrogen-bond acceptors (Lipinski definition) is 6. The molecule has 1 aromatic heterocycles. The zero-order valence-electron chi connectivity index (χ0n) is 8.40. The van der Waals surface area contributed by atoms with Crippen LogP contribution in [0.2, 0.25) is 0 Å².